The van der Waals surface area contributed by atoms with Gasteiger partial charge in [-0.15, -0.1) is 5.06 Å². The number of fused-ring (bicyclic) bond motifs is 2. The van der Waals surface area contributed by atoms with Gasteiger partial charge in [0.15, 0.2) is 12.3 Å². The Kier molecular flexibility index (Phi) is 8.03. The molecule has 5 rings (SSSR count). The molecule has 2 aliphatic rings. The van der Waals surface area contributed by atoms with Crippen molar-refractivity contribution >= 4 is 34.6 Å². The summed E-state index contributed by atoms with van der Waals surface area (Å²) >= 11 is 0. The Morgan fingerprint density at radius 1 is 1.05 bits per heavy atom. The van der Waals surface area contributed by atoms with E-state index in [4.69, 9.17) is 14.0 Å². The predicted octanol–water partition coefficient (Wildman–Crippen LogP) is 4.96. The highest BCUT2D eigenvalue weighted by atomic mass is 16.7. The second kappa shape index (κ2) is 11.8. The van der Waals surface area contributed by atoms with Gasteiger partial charge in [0.2, 0.25) is 11.5 Å². The molecule has 0 bridgehead atoms. The minimum Gasteiger partial charge on any atom is -0.432 e. The van der Waals surface area contributed by atoms with E-state index in [0.29, 0.717) is 23.8 Å². The van der Waals surface area contributed by atoms with Crippen LogP contribution in [-0.2, 0) is 32.2 Å². The minimum absolute atomic E-state index is 0.0906. The lowest BCUT2D eigenvalue weighted by Crippen LogP contribution is -2.36. The Morgan fingerprint density at radius 3 is 2.58 bits per heavy atom. The molecule has 1 fully saturated rings. The number of amides is 2. The molecule has 0 spiro atoms. The van der Waals surface area contributed by atoms with E-state index in [9.17, 15) is 14.4 Å². The maximum atomic E-state index is 12.1. The Labute approximate surface area is 233 Å². The first-order valence-electron chi connectivity index (χ1n) is 13.8. The molecule has 3 heterocycles. The highest BCUT2D eigenvalue weighted by molar-refractivity contribution is 6.01. The number of ether oxygens (including phenoxy) is 1. The first kappa shape index (κ1) is 27.2. The molecule has 1 aromatic heterocycles. The molecule has 1 saturated heterocycles. The van der Waals surface area contributed by atoms with Gasteiger partial charge in [-0.1, -0.05) is 17.9 Å². The molecule has 3 aromatic rings. The van der Waals surface area contributed by atoms with E-state index in [1.54, 1.807) is 0 Å². The fourth-order valence-corrected chi connectivity index (χ4v) is 5.00. The molecule has 9 nitrogen and oxygen atoms in total. The van der Waals surface area contributed by atoms with Crippen LogP contribution in [0.15, 0.2) is 58.5 Å². The third kappa shape index (κ3) is 5.80. The lowest BCUT2D eigenvalue weighted by atomic mass is 10.2. The number of carbonyl (C=O) groups excluding carboxylic acids is 3. The van der Waals surface area contributed by atoms with E-state index in [1.807, 2.05) is 30.3 Å². The number of aryl methyl sites for hydroxylation is 3. The molecule has 0 atom stereocenters. The van der Waals surface area contributed by atoms with Gasteiger partial charge in [-0.05, 0) is 69.0 Å². The molecule has 2 amide bonds. The topological polar surface area (TPSA) is 93.2 Å². The van der Waals surface area contributed by atoms with Crippen molar-refractivity contribution in [1.82, 2.24) is 5.06 Å². The number of benzene rings is 2. The zero-order valence-corrected chi connectivity index (χ0v) is 23.2. The monoisotopic (exact) mass is 544 g/mol. The summed E-state index contributed by atoms with van der Waals surface area (Å²) < 4.78 is 14.5. The first-order valence-corrected chi connectivity index (χ1v) is 13.8. The van der Waals surface area contributed by atoms with Gasteiger partial charge < -0.3 is 18.9 Å². The number of oxazole rings is 1. The zero-order valence-electron chi connectivity index (χ0n) is 23.2. The third-order valence-electron chi connectivity index (χ3n) is 7.07. The number of rotatable bonds is 10. The van der Waals surface area contributed by atoms with Gasteiger partial charge in [0.1, 0.15) is 0 Å². The van der Waals surface area contributed by atoms with E-state index in [-0.39, 0.29) is 19.3 Å². The number of unbranched alkanes of at least 4 members (excludes halogenated alkanes) is 2. The highest BCUT2D eigenvalue weighted by Gasteiger charge is 2.32. The summed E-state index contributed by atoms with van der Waals surface area (Å²) in [4.78, 5) is 42.4. The van der Waals surface area contributed by atoms with E-state index in [0.717, 1.165) is 59.9 Å². The Bertz CT molecular complexity index is 1520. The van der Waals surface area contributed by atoms with Crippen LogP contribution in [0.4, 0.5) is 5.69 Å². The maximum Gasteiger partial charge on any atom is 0.352 e. The molecule has 0 saturated carbocycles. The zero-order chi connectivity index (χ0) is 28.2. The standard InChI is InChI=1S/C31H34N3O6/c1-4-32-23-19-21(2)12-14-25(23)38-29(32)9-8-10-30-33(24-20-22(3)13-15-26(24)39-30)18-7-5-6-11-31(37)40-34-27(35)16-17-28(34)36/h8,12-15,19-20H,4-7,10-11,16-18H2,1-3H3/q+1. The van der Waals surface area contributed by atoms with Crippen LogP contribution < -0.4 is 14.2 Å². The lowest BCUT2D eigenvalue weighted by Gasteiger charge is -2.13. The van der Waals surface area contributed by atoms with Gasteiger partial charge in [0.05, 0.1) is 12.1 Å². The molecule has 0 N–H and O–H groups in total. The second-order valence-electron chi connectivity index (χ2n) is 10.1. The van der Waals surface area contributed by atoms with Gasteiger partial charge in [-0.2, -0.15) is 4.57 Å². The summed E-state index contributed by atoms with van der Waals surface area (Å²) in [6.07, 6.45) is 5.00. The Balaban J connectivity index is 1.23. The highest BCUT2D eigenvalue weighted by Crippen LogP contribution is 2.38. The van der Waals surface area contributed by atoms with E-state index in [2.05, 4.69) is 48.1 Å². The van der Waals surface area contributed by atoms with Crippen molar-refractivity contribution in [1.29, 1.82) is 0 Å². The first-order chi connectivity index (χ1) is 19.3. The molecule has 2 aromatic carbocycles. The molecule has 2 aliphatic heterocycles. The molecule has 9 heteroatoms. The number of hydrogen-bond acceptors (Lipinski definition) is 7. The smallest absolute Gasteiger partial charge is 0.352 e. The van der Waals surface area contributed by atoms with E-state index < -0.39 is 17.8 Å². The van der Waals surface area contributed by atoms with Crippen molar-refractivity contribution < 1.29 is 32.9 Å². The average Bonchev–Trinajstić information content (AvgIpc) is 3.56. The van der Waals surface area contributed by atoms with Crippen LogP contribution in [-0.4, -0.2) is 29.4 Å². The number of aromatic nitrogens is 1. The van der Waals surface area contributed by atoms with Gasteiger partial charge >= 0.3 is 11.9 Å². The largest absolute Gasteiger partial charge is 0.432 e. The van der Waals surface area contributed by atoms with Crippen molar-refractivity contribution in [2.75, 3.05) is 11.4 Å². The predicted molar refractivity (Wildman–Crippen MR) is 147 cm³/mol. The SMILES string of the molecule is CCN1C(=C=CCc2oc3ccc(C)cc3[n+]2CCCCCC(=O)ON2C(=O)CCC2=O)Oc2ccc(C)cc21. The summed E-state index contributed by atoms with van der Waals surface area (Å²) in [5.41, 5.74) is 8.54. The number of anilines is 1. The quantitative estimate of drug-likeness (QED) is 0.154. The second-order valence-corrected chi connectivity index (χ2v) is 10.1. The Hall–Kier alpha value is -4.36. The number of allylic oxidation sites excluding steroid dienone is 1. The van der Waals surface area contributed by atoms with Crippen molar-refractivity contribution in [3.8, 4) is 5.75 Å². The van der Waals surface area contributed by atoms with Crippen LogP contribution in [0.2, 0.25) is 0 Å². The number of nitrogens with zero attached hydrogens (tertiary/aromatic N) is 3. The molecule has 0 aliphatic carbocycles. The van der Waals surface area contributed by atoms with Gasteiger partial charge in [-0.3, -0.25) is 9.59 Å². The molecule has 40 heavy (non-hydrogen) atoms. The van der Waals surface area contributed by atoms with Gasteiger partial charge in [0.25, 0.3) is 17.3 Å². The summed E-state index contributed by atoms with van der Waals surface area (Å²) in [5, 5.41) is 0.600. The number of carbonyl (C=O) groups is 3. The fraction of sp³-hybridized carbons (Fsp3) is 0.387. The van der Waals surface area contributed by atoms with Crippen LogP contribution in [0, 0.1) is 13.8 Å². The summed E-state index contributed by atoms with van der Waals surface area (Å²) in [6.45, 7) is 7.70. The average molecular weight is 545 g/mol. The fourth-order valence-electron chi connectivity index (χ4n) is 5.00. The maximum absolute atomic E-state index is 12.1. The van der Waals surface area contributed by atoms with Gasteiger partial charge in [0, 0.05) is 38.3 Å². The van der Waals surface area contributed by atoms with E-state index >= 15 is 0 Å². The van der Waals surface area contributed by atoms with Crippen LogP contribution in [0.5, 0.6) is 5.75 Å². The Morgan fingerprint density at radius 2 is 1.80 bits per heavy atom. The molecule has 208 valence electrons. The summed E-state index contributed by atoms with van der Waals surface area (Å²) in [6, 6.07) is 12.3. The normalized spacial score (nSPS) is 14.5. The molecular formula is C31H34N3O6+. The van der Waals surface area contributed by atoms with Crippen LogP contribution >= 0.6 is 0 Å². The minimum atomic E-state index is -0.563. The number of hydrogen-bond donors (Lipinski definition) is 0. The lowest BCUT2D eigenvalue weighted by molar-refractivity contribution is -0.684. The van der Waals surface area contributed by atoms with Crippen molar-refractivity contribution in [3.63, 3.8) is 0 Å². The number of hydroxylamine groups is 2. The van der Waals surface area contributed by atoms with Crippen LogP contribution in [0.1, 0.15) is 62.5 Å². The molecule has 0 radical (unpaired) electrons. The van der Waals surface area contributed by atoms with Crippen LogP contribution in [0.3, 0.4) is 0 Å². The van der Waals surface area contributed by atoms with Gasteiger partial charge in [-0.25, -0.2) is 4.79 Å². The summed E-state index contributed by atoms with van der Waals surface area (Å²) in [5.74, 6) is 0.831. The number of imide groups is 1. The summed E-state index contributed by atoms with van der Waals surface area (Å²) in [7, 11) is 0. The molecule has 0 unspecified atom stereocenters. The third-order valence-corrected chi connectivity index (χ3v) is 7.07. The van der Waals surface area contributed by atoms with Crippen LogP contribution in [0.25, 0.3) is 11.1 Å². The molecular weight excluding hydrogens is 510 g/mol. The van der Waals surface area contributed by atoms with Crippen molar-refractivity contribution in [3.05, 3.63) is 71.1 Å². The van der Waals surface area contributed by atoms with Crippen molar-refractivity contribution in [2.24, 2.45) is 0 Å². The van der Waals surface area contributed by atoms with Crippen molar-refractivity contribution in [2.45, 2.75) is 72.3 Å². The van der Waals surface area contributed by atoms with E-state index in [1.165, 1.54) is 5.56 Å².